The summed E-state index contributed by atoms with van der Waals surface area (Å²) in [4.78, 5) is 12.3. The van der Waals surface area contributed by atoms with Crippen molar-refractivity contribution >= 4 is 33.2 Å². The van der Waals surface area contributed by atoms with Crippen molar-refractivity contribution < 1.29 is 13.2 Å². The first kappa shape index (κ1) is 20.3. The van der Waals surface area contributed by atoms with Gasteiger partial charge in [-0.25, -0.2) is 8.42 Å². The summed E-state index contributed by atoms with van der Waals surface area (Å²) in [5.41, 5.74) is 3.08. The van der Waals surface area contributed by atoms with Crippen LogP contribution >= 0.6 is 11.6 Å². The number of nitrogens with one attached hydrogen (secondary N) is 1. The van der Waals surface area contributed by atoms with Gasteiger partial charge in [0.05, 0.1) is 17.0 Å². The predicted molar refractivity (Wildman–Crippen MR) is 106 cm³/mol. The van der Waals surface area contributed by atoms with Gasteiger partial charge in [-0.1, -0.05) is 48.0 Å². The lowest BCUT2D eigenvalue weighted by molar-refractivity contribution is -0.119. The number of carbonyl (C=O) groups is 1. The predicted octanol–water partition coefficient (Wildman–Crippen LogP) is 3.08. The third-order valence-corrected chi connectivity index (χ3v) is 5.31. The second kappa shape index (κ2) is 8.56. The van der Waals surface area contributed by atoms with Crippen molar-refractivity contribution in [3.63, 3.8) is 0 Å². The molecule has 0 unspecified atom stereocenters. The van der Waals surface area contributed by atoms with Crippen LogP contribution in [0, 0.1) is 13.8 Å². The Morgan fingerprint density at radius 1 is 1.15 bits per heavy atom. The van der Waals surface area contributed by atoms with Crippen LogP contribution in [0.3, 0.4) is 0 Å². The molecule has 2 aromatic carbocycles. The topological polar surface area (TPSA) is 66.5 Å². The Bertz CT molecular complexity index is 860. The molecule has 2 rings (SSSR count). The van der Waals surface area contributed by atoms with Gasteiger partial charge in [-0.3, -0.25) is 9.10 Å². The largest absolute Gasteiger partial charge is 0.354 e. The SMILES string of the molecule is Cc1cc(C)c(N(CC(=O)NCCc2ccccc2)S(C)(=O)=O)c(Cl)c1. The first-order valence-corrected chi connectivity index (χ1v) is 10.5. The zero-order valence-corrected chi connectivity index (χ0v) is 16.7. The highest BCUT2D eigenvalue weighted by Crippen LogP contribution is 2.32. The van der Waals surface area contributed by atoms with E-state index in [4.69, 9.17) is 11.6 Å². The number of nitrogens with zero attached hydrogens (tertiary/aromatic N) is 1. The van der Waals surface area contributed by atoms with Crippen LogP contribution in [-0.4, -0.2) is 33.7 Å². The Kier molecular flexibility index (Phi) is 6.67. The third kappa shape index (κ3) is 5.47. The van der Waals surface area contributed by atoms with Crippen LogP contribution < -0.4 is 9.62 Å². The van der Waals surface area contributed by atoms with Gasteiger partial charge < -0.3 is 5.32 Å². The Labute approximate surface area is 160 Å². The molecule has 5 nitrogen and oxygen atoms in total. The fraction of sp³-hybridized carbons (Fsp3) is 0.316. The zero-order chi connectivity index (χ0) is 19.3. The van der Waals surface area contributed by atoms with Gasteiger partial charge in [0.15, 0.2) is 0 Å². The Morgan fingerprint density at radius 3 is 2.38 bits per heavy atom. The number of sulfonamides is 1. The van der Waals surface area contributed by atoms with Gasteiger partial charge in [0.25, 0.3) is 0 Å². The number of anilines is 1. The van der Waals surface area contributed by atoms with Gasteiger partial charge in [-0.05, 0) is 43.0 Å². The molecule has 0 radical (unpaired) electrons. The van der Waals surface area contributed by atoms with E-state index in [1.807, 2.05) is 43.3 Å². The van der Waals surface area contributed by atoms with Crippen molar-refractivity contribution in [2.75, 3.05) is 23.7 Å². The van der Waals surface area contributed by atoms with Crippen LogP contribution in [0.25, 0.3) is 0 Å². The minimum Gasteiger partial charge on any atom is -0.354 e. The number of rotatable bonds is 7. The molecular weight excluding hydrogens is 372 g/mol. The van der Waals surface area contributed by atoms with Crippen LogP contribution in [0.2, 0.25) is 5.02 Å². The molecular formula is C19H23ClN2O3S. The number of halogens is 1. The minimum atomic E-state index is -3.66. The number of carbonyl (C=O) groups excluding carboxylic acids is 1. The molecule has 0 atom stereocenters. The first-order chi connectivity index (χ1) is 12.2. The van der Waals surface area contributed by atoms with Crippen molar-refractivity contribution in [3.8, 4) is 0 Å². The highest BCUT2D eigenvalue weighted by Gasteiger charge is 2.24. The lowest BCUT2D eigenvalue weighted by atomic mass is 10.1. The molecule has 0 spiro atoms. The molecule has 26 heavy (non-hydrogen) atoms. The van der Waals surface area contributed by atoms with E-state index in [1.165, 1.54) is 0 Å². The molecule has 0 bridgehead atoms. The van der Waals surface area contributed by atoms with Gasteiger partial charge in [0.2, 0.25) is 15.9 Å². The second-order valence-corrected chi connectivity index (χ2v) is 8.58. The molecule has 1 N–H and O–H groups in total. The van der Waals surface area contributed by atoms with Gasteiger partial charge in [0.1, 0.15) is 6.54 Å². The van der Waals surface area contributed by atoms with E-state index < -0.39 is 10.0 Å². The molecule has 140 valence electrons. The van der Waals surface area contributed by atoms with Crippen LogP contribution in [0.5, 0.6) is 0 Å². The van der Waals surface area contributed by atoms with E-state index in [2.05, 4.69) is 5.32 Å². The molecule has 0 saturated carbocycles. The van der Waals surface area contributed by atoms with Gasteiger partial charge in [-0.15, -0.1) is 0 Å². The maximum Gasteiger partial charge on any atom is 0.240 e. The fourth-order valence-electron chi connectivity index (χ4n) is 2.76. The van der Waals surface area contributed by atoms with Crippen LogP contribution in [-0.2, 0) is 21.2 Å². The summed E-state index contributed by atoms with van der Waals surface area (Å²) in [7, 11) is -3.66. The maximum absolute atomic E-state index is 12.3. The molecule has 2 aromatic rings. The van der Waals surface area contributed by atoms with E-state index >= 15 is 0 Å². The summed E-state index contributed by atoms with van der Waals surface area (Å²) < 4.78 is 25.5. The van der Waals surface area contributed by atoms with E-state index in [0.717, 1.165) is 21.7 Å². The van der Waals surface area contributed by atoms with E-state index in [1.54, 1.807) is 13.0 Å². The van der Waals surface area contributed by atoms with E-state index in [9.17, 15) is 13.2 Å². The summed E-state index contributed by atoms with van der Waals surface area (Å²) in [5, 5.41) is 3.08. The number of hydrogen-bond acceptors (Lipinski definition) is 3. The molecule has 1 amide bonds. The van der Waals surface area contributed by atoms with Crippen molar-refractivity contribution in [2.24, 2.45) is 0 Å². The average Bonchev–Trinajstić information content (AvgIpc) is 2.53. The smallest absolute Gasteiger partial charge is 0.240 e. The van der Waals surface area contributed by atoms with Crippen LogP contribution in [0.15, 0.2) is 42.5 Å². The number of hydrogen-bond donors (Lipinski definition) is 1. The van der Waals surface area contributed by atoms with Crippen LogP contribution in [0.1, 0.15) is 16.7 Å². The quantitative estimate of drug-likeness (QED) is 0.784. The normalized spacial score (nSPS) is 11.2. The number of benzene rings is 2. The highest BCUT2D eigenvalue weighted by atomic mass is 35.5. The molecule has 0 saturated heterocycles. The average molecular weight is 395 g/mol. The standard InChI is InChI=1S/C19H23ClN2O3S/c1-14-11-15(2)19(17(20)12-14)22(26(3,24)25)13-18(23)21-10-9-16-7-5-4-6-8-16/h4-8,11-12H,9-10,13H2,1-3H3,(H,21,23). The van der Waals surface area contributed by atoms with Crippen molar-refractivity contribution in [2.45, 2.75) is 20.3 Å². The number of aryl methyl sites for hydroxylation is 2. The zero-order valence-electron chi connectivity index (χ0n) is 15.1. The van der Waals surface area contributed by atoms with E-state index in [-0.39, 0.29) is 12.5 Å². The Morgan fingerprint density at radius 2 is 1.81 bits per heavy atom. The van der Waals surface area contributed by atoms with Crippen molar-refractivity contribution in [1.29, 1.82) is 0 Å². The molecule has 0 aliphatic carbocycles. The third-order valence-electron chi connectivity index (χ3n) is 3.91. The highest BCUT2D eigenvalue weighted by molar-refractivity contribution is 7.92. The second-order valence-electron chi connectivity index (χ2n) is 6.27. The maximum atomic E-state index is 12.3. The summed E-state index contributed by atoms with van der Waals surface area (Å²) in [6.45, 7) is 3.78. The van der Waals surface area contributed by atoms with Crippen LogP contribution in [0.4, 0.5) is 5.69 Å². The minimum absolute atomic E-state index is 0.308. The fourth-order valence-corrected chi connectivity index (χ4v) is 4.16. The molecule has 7 heteroatoms. The summed E-state index contributed by atoms with van der Waals surface area (Å²) in [5.74, 6) is -0.373. The van der Waals surface area contributed by atoms with Gasteiger partial charge in [0, 0.05) is 6.54 Å². The van der Waals surface area contributed by atoms with Gasteiger partial charge in [-0.2, -0.15) is 0 Å². The van der Waals surface area contributed by atoms with Crippen molar-refractivity contribution in [1.82, 2.24) is 5.32 Å². The monoisotopic (exact) mass is 394 g/mol. The summed E-state index contributed by atoms with van der Waals surface area (Å²) in [6.07, 6.45) is 1.75. The first-order valence-electron chi connectivity index (χ1n) is 8.23. The van der Waals surface area contributed by atoms with E-state index in [0.29, 0.717) is 29.2 Å². The summed E-state index contributed by atoms with van der Waals surface area (Å²) in [6, 6.07) is 13.3. The molecule has 0 aromatic heterocycles. The Balaban J connectivity index is 2.10. The van der Waals surface area contributed by atoms with Gasteiger partial charge >= 0.3 is 0 Å². The van der Waals surface area contributed by atoms with Crippen molar-refractivity contribution in [3.05, 3.63) is 64.2 Å². The molecule has 0 aliphatic rings. The Hall–Kier alpha value is -2.05. The molecule has 0 aliphatic heterocycles. The number of amides is 1. The summed E-state index contributed by atoms with van der Waals surface area (Å²) >= 11 is 6.27. The molecule has 0 fully saturated rings. The molecule has 0 heterocycles. The lowest BCUT2D eigenvalue weighted by Crippen LogP contribution is -2.41. The lowest BCUT2D eigenvalue weighted by Gasteiger charge is -2.25.